The van der Waals surface area contributed by atoms with Gasteiger partial charge in [0.05, 0.1) is 12.6 Å². The largest absolute Gasteiger partial charge is 0.465 e. The Morgan fingerprint density at radius 3 is 2.73 bits per heavy atom. The second kappa shape index (κ2) is 2.87. The Labute approximate surface area is 63.2 Å². The van der Waals surface area contributed by atoms with E-state index in [2.05, 4.69) is 0 Å². The van der Waals surface area contributed by atoms with Gasteiger partial charge in [-0.1, -0.05) is 0 Å². The number of carbonyl (C=O) groups excluding carboxylic acids is 1. The number of carboxylic acid groups (broad SMARTS) is 1. The fourth-order valence-electron chi connectivity index (χ4n) is 1.18. The molecule has 2 amide bonds. The molecule has 0 radical (unpaired) electrons. The zero-order chi connectivity index (χ0) is 8.43. The zero-order valence-electron chi connectivity index (χ0n) is 5.86. The number of aliphatic hydroxyl groups excluding tert-OH is 1. The van der Waals surface area contributed by atoms with E-state index >= 15 is 0 Å². The van der Waals surface area contributed by atoms with E-state index in [1.54, 1.807) is 0 Å². The molecule has 0 bridgehead atoms. The van der Waals surface area contributed by atoms with Crippen LogP contribution in [0.25, 0.3) is 0 Å². The van der Waals surface area contributed by atoms with Crippen molar-refractivity contribution in [2.24, 2.45) is 0 Å². The summed E-state index contributed by atoms with van der Waals surface area (Å²) in [6, 6.07) is -0.528. The normalized spacial score (nSPS) is 24.3. The highest BCUT2D eigenvalue weighted by molar-refractivity contribution is 5.93. The summed E-state index contributed by atoms with van der Waals surface area (Å²) in [5.74, 6) is -0.420. The van der Waals surface area contributed by atoms with Gasteiger partial charge in [0, 0.05) is 6.42 Å². The molecule has 2 N–H and O–H groups in total. The van der Waals surface area contributed by atoms with Gasteiger partial charge in [0.2, 0.25) is 5.91 Å². The van der Waals surface area contributed by atoms with Crippen molar-refractivity contribution in [1.29, 1.82) is 0 Å². The molecule has 5 heteroatoms. The molecule has 1 heterocycles. The van der Waals surface area contributed by atoms with Gasteiger partial charge in [-0.25, -0.2) is 9.69 Å². The number of hydrogen-bond acceptors (Lipinski definition) is 3. The first-order valence-corrected chi connectivity index (χ1v) is 3.32. The summed E-state index contributed by atoms with van der Waals surface area (Å²) in [6.45, 7) is -0.280. The third-order valence-electron chi connectivity index (χ3n) is 1.74. The molecule has 1 aliphatic rings. The maximum absolute atomic E-state index is 10.8. The standard InChI is InChI=1S/C6H9NO4/c8-3-4-1-2-5(9)7(4)6(10)11/h4,8H,1-3H2,(H,10,11)/t4-/m1/s1. The van der Waals surface area contributed by atoms with Gasteiger partial charge in [0.1, 0.15) is 0 Å². The molecule has 1 atom stereocenters. The molecule has 0 saturated carbocycles. The summed E-state index contributed by atoms with van der Waals surface area (Å²) >= 11 is 0. The van der Waals surface area contributed by atoms with Crippen molar-refractivity contribution in [3.05, 3.63) is 0 Å². The quantitative estimate of drug-likeness (QED) is 0.548. The van der Waals surface area contributed by atoms with Crippen molar-refractivity contribution in [2.75, 3.05) is 6.61 Å². The molecule has 0 spiro atoms. The fraction of sp³-hybridized carbons (Fsp3) is 0.667. The molecule has 1 aliphatic heterocycles. The number of likely N-dealkylation sites (tertiary alicyclic amines) is 1. The molecule has 0 aliphatic carbocycles. The molecule has 0 unspecified atom stereocenters. The Kier molecular flexibility index (Phi) is 2.09. The Hall–Kier alpha value is -1.10. The van der Waals surface area contributed by atoms with Crippen LogP contribution in [0.4, 0.5) is 4.79 Å². The maximum Gasteiger partial charge on any atom is 0.414 e. The Balaban J connectivity index is 2.71. The van der Waals surface area contributed by atoms with E-state index in [-0.39, 0.29) is 13.0 Å². The molecule has 0 aromatic rings. The van der Waals surface area contributed by atoms with Crippen LogP contribution in [0.2, 0.25) is 0 Å². The molecule has 1 rings (SSSR count). The van der Waals surface area contributed by atoms with Crippen molar-refractivity contribution >= 4 is 12.0 Å². The van der Waals surface area contributed by atoms with Crippen molar-refractivity contribution in [3.63, 3.8) is 0 Å². The van der Waals surface area contributed by atoms with Crippen molar-refractivity contribution in [3.8, 4) is 0 Å². The Morgan fingerprint density at radius 2 is 2.36 bits per heavy atom. The average Bonchev–Trinajstić information content (AvgIpc) is 2.30. The van der Waals surface area contributed by atoms with E-state index in [1.807, 2.05) is 0 Å². The first kappa shape index (κ1) is 8.00. The van der Waals surface area contributed by atoms with Gasteiger partial charge in [-0.05, 0) is 6.42 Å². The van der Waals surface area contributed by atoms with Crippen molar-refractivity contribution in [2.45, 2.75) is 18.9 Å². The molecular formula is C6H9NO4. The number of imide groups is 1. The molecule has 0 aromatic heterocycles. The minimum atomic E-state index is -1.27. The Bertz CT molecular complexity index is 191. The monoisotopic (exact) mass is 159 g/mol. The van der Waals surface area contributed by atoms with Crippen LogP contribution in [0.15, 0.2) is 0 Å². The zero-order valence-corrected chi connectivity index (χ0v) is 5.86. The lowest BCUT2D eigenvalue weighted by molar-refractivity contribution is -0.127. The van der Waals surface area contributed by atoms with Gasteiger partial charge >= 0.3 is 6.09 Å². The van der Waals surface area contributed by atoms with Crippen LogP contribution in [0.5, 0.6) is 0 Å². The van der Waals surface area contributed by atoms with E-state index in [1.165, 1.54) is 0 Å². The topological polar surface area (TPSA) is 77.8 Å². The summed E-state index contributed by atoms with van der Waals surface area (Å²) in [4.78, 5) is 21.9. The lowest BCUT2D eigenvalue weighted by atomic mass is 10.2. The predicted molar refractivity (Wildman–Crippen MR) is 35.0 cm³/mol. The number of nitrogens with zero attached hydrogens (tertiary/aromatic N) is 1. The van der Waals surface area contributed by atoms with Crippen LogP contribution in [0.3, 0.4) is 0 Å². The van der Waals surface area contributed by atoms with Gasteiger partial charge in [0.15, 0.2) is 0 Å². The summed E-state index contributed by atoms with van der Waals surface area (Å²) in [7, 11) is 0. The minimum Gasteiger partial charge on any atom is -0.465 e. The molecule has 62 valence electrons. The first-order chi connectivity index (χ1) is 5.16. The van der Waals surface area contributed by atoms with E-state index in [4.69, 9.17) is 10.2 Å². The molecular weight excluding hydrogens is 150 g/mol. The van der Waals surface area contributed by atoms with Crippen LogP contribution < -0.4 is 0 Å². The first-order valence-electron chi connectivity index (χ1n) is 3.32. The van der Waals surface area contributed by atoms with Crippen LogP contribution in [-0.4, -0.2) is 39.8 Å². The van der Waals surface area contributed by atoms with Gasteiger partial charge < -0.3 is 10.2 Å². The number of rotatable bonds is 1. The van der Waals surface area contributed by atoms with E-state index in [9.17, 15) is 9.59 Å². The number of hydrogen-bond donors (Lipinski definition) is 2. The molecule has 0 aromatic carbocycles. The fourth-order valence-corrected chi connectivity index (χ4v) is 1.18. The van der Waals surface area contributed by atoms with Crippen LogP contribution in [0, 0.1) is 0 Å². The van der Waals surface area contributed by atoms with Crippen LogP contribution in [-0.2, 0) is 4.79 Å². The smallest absolute Gasteiger partial charge is 0.414 e. The lowest BCUT2D eigenvalue weighted by Crippen LogP contribution is -2.39. The minimum absolute atomic E-state index is 0.220. The number of amides is 2. The van der Waals surface area contributed by atoms with Crippen molar-refractivity contribution < 1.29 is 19.8 Å². The Morgan fingerprint density at radius 1 is 1.73 bits per heavy atom. The van der Waals surface area contributed by atoms with Gasteiger partial charge in [-0.15, -0.1) is 0 Å². The van der Waals surface area contributed by atoms with E-state index < -0.39 is 18.0 Å². The highest BCUT2D eigenvalue weighted by Crippen LogP contribution is 2.17. The summed E-state index contributed by atoms with van der Waals surface area (Å²) in [6.07, 6.45) is -0.620. The van der Waals surface area contributed by atoms with Gasteiger partial charge in [-0.2, -0.15) is 0 Å². The SMILES string of the molecule is O=C(O)N1C(=O)CC[C@@H]1CO. The average molecular weight is 159 g/mol. The van der Waals surface area contributed by atoms with Crippen LogP contribution >= 0.6 is 0 Å². The molecule has 5 nitrogen and oxygen atoms in total. The van der Waals surface area contributed by atoms with Gasteiger partial charge in [-0.3, -0.25) is 4.79 Å². The third-order valence-corrected chi connectivity index (χ3v) is 1.74. The molecule has 1 fully saturated rings. The summed E-state index contributed by atoms with van der Waals surface area (Å²) in [5, 5.41) is 17.1. The summed E-state index contributed by atoms with van der Waals surface area (Å²) < 4.78 is 0. The van der Waals surface area contributed by atoms with E-state index in [0.29, 0.717) is 11.3 Å². The number of aliphatic hydroxyl groups is 1. The lowest BCUT2D eigenvalue weighted by Gasteiger charge is -2.16. The second-order valence-corrected chi connectivity index (χ2v) is 2.42. The summed E-state index contributed by atoms with van der Waals surface area (Å²) in [5.41, 5.74) is 0. The maximum atomic E-state index is 10.8. The van der Waals surface area contributed by atoms with Gasteiger partial charge in [0.25, 0.3) is 0 Å². The predicted octanol–water partition coefficient (Wildman–Crippen LogP) is -0.352. The second-order valence-electron chi connectivity index (χ2n) is 2.42. The highest BCUT2D eigenvalue weighted by atomic mass is 16.4. The van der Waals surface area contributed by atoms with Crippen LogP contribution in [0.1, 0.15) is 12.8 Å². The van der Waals surface area contributed by atoms with Crippen molar-refractivity contribution in [1.82, 2.24) is 4.90 Å². The molecule has 1 saturated heterocycles. The van der Waals surface area contributed by atoms with E-state index in [0.717, 1.165) is 0 Å². The number of carbonyl (C=O) groups is 2. The molecule has 11 heavy (non-hydrogen) atoms. The highest BCUT2D eigenvalue weighted by Gasteiger charge is 2.34. The third kappa shape index (κ3) is 1.32.